The minimum Gasteiger partial charge on any atom is -0.348 e. The number of carbonyl (C=O) groups is 1. The lowest BCUT2D eigenvalue weighted by atomic mass is 9.90. The van der Waals surface area contributed by atoms with Gasteiger partial charge in [0.25, 0.3) is 11.9 Å². The Balaban J connectivity index is 1.29. The van der Waals surface area contributed by atoms with E-state index in [1.54, 1.807) is 34.0 Å². The van der Waals surface area contributed by atoms with Crippen LogP contribution in [0.3, 0.4) is 0 Å². The zero-order chi connectivity index (χ0) is 19.8. The van der Waals surface area contributed by atoms with Crippen LogP contribution >= 0.6 is 0 Å². The van der Waals surface area contributed by atoms with Gasteiger partial charge < -0.3 is 5.32 Å². The molecule has 1 atom stereocenters. The van der Waals surface area contributed by atoms with Gasteiger partial charge >= 0.3 is 0 Å². The number of likely N-dealkylation sites (tertiary alicyclic amines) is 1. The minimum absolute atomic E-state index is 0.115. The second-order valence-electron chi connectivity index (χ2n) is 7.93. The highest BCUT2D eigenvalue weighted by atomic mass is 19.1. The predicted octanol–water partition coefficient (Wildman–Crippen LogP) is 2.00. The van der Waals surface area contributed by atoms with Crippen LogP contribution in [0.4, 0.5) is 4.39 Å². The smallest absolute Gasteiger partial charge is 0.272 e. The number of nitrogens with zero attached hydrogens (tertiary/aromatic N) is 6. The average molecular weight is 397 g/mol. The number of carbonyl (C=O) groups excluding carboxylic acids is 1. The molecule has 3 aromatic heterocycles. The van der Waals surface area contributed by atoms with Gasteiger partial charge in [-0.05, 0) is 44.2 Å². The molecule has 3 aromatic rings. The van der Waals surface area contributed by atoms with E-state index in [4.69, 9.17) is 0 Å². The summed E-state index contributed by atoms with van der Waals surface area (Å²) in [5.74, 6) is 0.209. The molecule has 5 rings (SSSR count). The summed E-state index contributed by atoms with van der Waals surface area (Å²) in [4.78, 5) is 23.8. The summed E-state index contributed by atoms with van der Waals surface area (Å²) in [5, 5.41) is 7.59. The van der Waals surface area contributed by atoms with Gasteiger partial charge in [0.1, 0.15) is 12.5 Å². The molecule has 2 aliphatic rings. The fourth-order valence-electron chi connectivity index (χ4n) is 4.49. The molecular formula is C20H24FN7O. The maximum atomic E-state index is 13.5. The molecule has 1 saturated heterocycles. The Hall–Kier alpha value is -2.81. The van der Waals surface area contributed by atoms with E-state index in [0.29, 0.717) is 36.2 Å². The Labute approximate surface area is 167 Å². The zero-order valence-corrected chi connectivity index (χ0v) is 16.1. The molecule has 0 bridgehead atoms. The first-order valence-corrected chi connectivity index (χ1v) is 10.2. The van der Waals surface area contributed by atoms with Crippen LogP contribution in [0.25, 0.3) is 11.5 Å². The number of aromatic nitrogens is 5. The largest absolute Gasteiger partial charge is 0.348 e. The first kappa shape index (κ1) is 18.2. The van der Waals surface area contributed by atoms with Crippen molar-refractivity contribution in [1.82, 2.24) is 34.4 Å². The molecule has 0 aromatic carbocycles. The van der Waals surface area contributed by atoms with Crippen LogP contribution in [0, 0.1) is 0 Å². The van der Waals surface area contributed by atoms with Crippen molar-refractivity contribution in [3.8, 4) is 5.95 Å². The number of amides is 1. The normalized spacial score (nSPS) is 25.5. The Kier molecular flexibility index (Phi) is 4.75. The molecule has 29 heavy (non-hydrogen) atoms. The van der Waals surface area contributed by atoms with E-state index in [9.17, 15) is 9.18 Å². The summed E-state index contributed by atoms with van der Waals surface area (Å²) in [7, 11) is 0. The standard InChI is InChI=1S/C20H24FN7O/c21-14-7-10-26(12-14)16-5-3-15(4-6-16)23-19(29)18-17-2-1-9-28(17)25-20(24-18)27-11-8-22-13-27/h1-2,8-9,11,13-16H,3-7,10,12H2,(H,23,29)/t14-,15?,16?/m1/s1. The zero-order valence-electron chi connectivity index (χ0n) is 16.1. The van der Waals surface area contributed by atoms with E-state index in [1.807, 2.05) is 12.1 Å². The molecule has 2 fully saturated rings. The third-order valence-electron chi connectivity index (χ3n) is 6.04. The Morgan fingerprint density at radius 3 is 2.76 bits per heavy atom. The van der Waals surface area contributed by atoms with Crippen molar-refractivity contribution in [3.05, 3.63) is 42.7 Å². The number of alkyl halides is 1. The van der Waals surface area contributed by atoms with Gasteiger partial charge in [-0.25, -0.2) is 18.9 Å². The second-order valence-corrected chi connectivity index (χ2v) is 7.93. The van der Waals surface area contributed by atoms with Gasteiger partial charge in [0.05, 0.1) is 5.52 Å². The fourth-order valence-corrected chi connectivity index (χ4v) is 4.49. The Morgan fingerprint density at radius 2 is 2.03 bits per heavy atom. The second kappa shape index (κ2) is 7.55. The molecule has 8 nitrogen and oxygen atoms in total. The number of hydrogen-bond donors (Lipinski definition) is 1. The lowest BCUT2D eigenvalue weighted by Gasteiger charge is -2.34. The van der Waals surface area contributed by atoms with Crippen molar-refractivity contribution in [1.29, 1.82) is 0 Å². The SMILES string of the molecule is O=C(NC1CCC(N2CC[C@@H](F)C2)CC1)c1nc(-n2ccnc2)nn2cccc12. The molecule has 1 amide bonds. The molecule has 0 unspecified atom stereocenters. The van der Waals surface area contributed by atoms with E-state index >= 15 is 0 Å². The van der Waals surface area contributed by atoms with E-state index < -0.39 is 6.17 Å². The monoisotopic (exact) mass is 397 g/mol. The van der Waals surface area contributed by atoms with Gasteiger partial charge in [0.2, 0.25) is 0 Å². The van der Waals surface area contributed by atoms with E-state index in [-0.39, 0.29) is 11.9 Å². The van der Waals surface area contributed by atoms with Gasteiger partial charge in [-0.15, -0.1) is 5.10 Å². The van der Waals surface area contributed by atoms with Gasteiger partial charge in [-0.3, -0.25) is 14.3 Å². The first-order valence-electron chi connectivity index (χ1n) is 10.2. The molecule has 1 saturated carbocycles. The third kappa shape index (κ3) is 3.62. The summed E-state index contributed by atoms with van der Waals surface area (Å²) in [6, 6.07) is 4.24. The van der Waals surface area contributed by atoms with Crippen molar-refractivity contribution in [3.63, 3.8) is 0 Å². The first-order chi connectivity index (χ1) is 14.2. The number of fused-ring (bicyclic) bond motifs is 1. The molecular weight excluding hydrogens is 373 g/mol. The van der Waals surface area contributed by atoms with Crippen molar-refractivity contribution in [2.45, 2.75) is 50.4 Å². The highest BCUT2D eigenvalue weighted by Crippen LogP contribution is 2.27. The van der Waals surface area contributed by atoms with Crippen molar-refractivity contribution < 1.29 is 9.18 Å². The molecule has 1 aliphatic heterocycles. The van der Waals surface area contributed by atoms with Crippen LogP contribution < -0.4 is 5.32 Å². The number of rotatable bonds is 4. The summed E-state index contributed by atoms with van der Waals surface area (Å²) < 4.78 is 16.8. The molecule has 4 heterocycles. The summed E-state index contributed by atoms with van der Waals surface area (Å²) in [5.41, 5.74) is 1.03. The predicted molar refractivity (Wildman–Crippen MR) is 105 cm³/mol. The summed E-state index contributed by atoms with van der Waals surface area (Å²) in [6.07, 6.45) is 10.5. The molecule has 0 radical (unpaired) electrons. The van der Waals surface area contributed by atoms with E-state index in [0.717, 1.165) is 32.2 Å². The minimum atomic E-state index is -0.681. The van der Waals surface area contributed by atoms with Crippen molar-refractivity contribution in [2.24, 2.45) is 0 Å². The Bertz CT molecular complexity index is 994. The molecule has 152 valence electrons. The lowest BCUT2D eigenvalue weighted by molar-refractivity contribution is 0.0905. The maximum Gasteiger partial charge on any atom is 0.272 e. The van der Waals surface area contributed by atoms with Crippen molar-refractivity contribution in [2.75, 3.05) is 13.1 Å². The highest BCUT2D eigenvalue weighted by Gasteiger charge is 2.32. The van der Waals surface area contributed by atoms with Gasteiger partial charge in [0, 0.05) is 43.8 Å². The van der Waals surface area contributed by atoms with Crippen LogP contribution in [-0.2, 0) is 0 Å². The highest BCUT2D eigenvalue weighted by molar-refractivity contribution is 5.99. The number of imidazole rings is 1. The molecule has 9 heteroatoms. The molecule has 1 aliphatic carbocycles. The van der Waals surface area contributed by atoms with Gasteiger partial charge in [-0.1, -0.05) is 0 Å². The van der Waals surface area contributed by atoms with Crippen molar-refractivity contribution >= 4 is 11.4 Å². The van der Waals surface area contributed by atoms with Crippen LogP contribution in [0.15, 0.2) is 37.1 Å². The quantitative estimate of drug-likeness (QED) is 0.728. The number of nitrogens with one attached hydrogen (secondary N) is 1. The van der Waals surface area contributed by atoms with Crippen LogP contribution in [-0.4, -0.2) is 66.3 Å². The molecule has 1 N–H and O–H groups in total. The lowest BCUT2D eigenvalue weighted by Crippen LogP contribution is -2.43. The maximum absolute atomic E-state index is 13.5. The summed E-state index contributed by atoms with van der Waals surface area (Å²) >= 11 is 0. The third-order valence-corrected chi connectivity index (χ3v) is 6.04. The van der Waals surface area contributed by atoms with E-state index in [2.05, 4.69) is 25.3 Å². The average Bonchev–Trinajstić information content (AvgIpc) is 3.49. The summed E-state index contributed by atoms with van der Waals surface area (Å²) in [6.45, 7) is 1.42. The van der Waals surface area contributed by atoms with Crippen LogP contribution in [0.5, 0.6) is 0 Å². The van der Waals surface area contributed by atoms with Crippen LogP contribution in [0.2, 0.25) is 0 Å². The van der Waals surface area contributed by atoms with E-state index in [1.165, 1.54) is 0 Å². The van der Waals surface area contributed by atoms with Gasteiger partial charge in [-0.2, -0.15) is 0 Å². The van der Waals surface area contributed by atoms with Crippen LogP contribution in [0.1, 0.15) is 42.6 Å². The topological polar surface area (TPSA) is 80.3 Å². The molecule has 0 spiro atoms. The fraction of sp³-hybridized carbons (Fsp3) is 0.500. The number of hydrogen-bond acceptors (Lipinski definition) is 5. The van der Waals surface area contributed by atoms with Gasteiger partial charge in [0.15, 0.2) is 5.69 Å². The Morgan fingerprint density at radius 1 is 1.17 bits per heavy atom. The number of halogens is 1.